The summed E-state index contributed by atoms with van der Waals surface area (Å²) in [7, 11) is -3.39. The molecule has 0 bridgehead atoms. The average molecular weight is 359 g/mol. The van der Waals surface area contributed by atoms with Crippen LogP contribution in [0.5, 0.6) is 0 Å². The lowest BCUT2D eigenvalue weighted by atomic mass is 10.1. The zero-order valence-corrected chi connectivity index (χ0v) is 15.4. The maximum atomic E-state index is 12.5. The molecule has 1 saturated heterocycles. The number of rotatable bonds is 7. The number of anilines is 1. The number of aromatic nitrogens is 1. The van der Waals surface area contributed by atoms with E-state index >= 15 is 0 Å². The molecule has 1 aliphatic rings. The van der Waals surface area contributed by atoms with E-state index in [0.29, 0.717) is 18.9 Å². The highest BCUT2D eigenvalue weighted by atomic mass is 32.2. The van der Waals surface area contributed by atoms with Crippen LogP contribution in [0, 0.1) is 0 Å². The van der Waals surface area contributed by atoms with E-state index in [2.05, 4.69) is 41.5 Å². The van der Waals surface area contributed by atoms with Crippen molar-refractivity contribution < 1.29 is 8.42 Å². The van der Waals surface area contributed by atoms with Gasteiger partial charge in [0.15, 0.2) is 0 Å². The fraction of sp³-hybridized carbons (Fsp3) is 0.421. The molecule has 1 N–H and O–H groups in total. The van der Waals surface area contributed by atoms with Crippen molar-refractivity contribution in [1.82, 2.24) is 9.29 Å². The Morgan fingerprint density at radius 1 is 1.12 bits per heavy atom. The third-order valence-corrected chi connectivity index (χ3v) is 6.42. The SMILES string of the molecule is C[C@H](CCc1ccccc1)Nc1ccc(S(=O)(=O)N2CCCC2)cn1. The molecule has 6 heteroatoms. The van der Waals surface area contributed by atoms with Crippen molar-refractivity contribution in [2.75, 3.05) is 18.4 Å². The first kappa shape index (κ1) is 17.9. The van der Waals surface area contributed by atoms with Crippen LogP contribution in [0.2, 0.25) is 0 Å². The van der Waals surface area contributed by atoms with Crippen LogP contribution in [0.15, 0.2) is 53.6 Å². The number of sulfonamides is 1. The normalized spacial score (nSPS) is 16.7. The van der Waals surface area contributed by atoms with Gasteiger partial charge in [-0.25, -0.2) is 13.4 Å². The predicted molar refractivity (Wildman–Crippen MR) is 100 cm³/mol. The molecule has 1 aliphatic heterocycles. The molecule has 1 aromatic heterocycles. The molecule has 1 aromatic carbocycles. The highest BCUT2D eigenvalue weighted by Crippen LogP contribution is 2.21. The summed E-state index contributed by atoms with van der Waals surface area (Å²) in [6.07, 6.45) is 5.31. The minimum atomic E-state index is -3.39. The van der Waals surface area contributed by atoms with E-state index in [4.69, 9.17) is 0 Å². The van der Waals surface area contributed by atoms with E-state index in [0.717, 1.165) is 25.7 Å². The van der Waals surface area contributed by atoms with Crippen LogP contribution in [-0.4, -0.2) is 36.8 Å². The van der Waals surface area contributed by atoms with Gasteiger partial charge in [-0.05, 0) is 50.3 Å². The minimum Gasteiger partial charge on any atom is -0.368 e. The van der Waals surface area contributed by atoms with E-state index < -0.39 is 10.0 Å². The van der Waals surface area contributed by atoms with Crippen LogP contribution >= 0.6 is 0 Å². The highest BCUT2D eigenvalue weighted by Gasteiger charge is 2.27. The topological polar surface area (TPSA) is 62.3 Å². The molecule has 25 heavy (non-hydrogen) atoms. The standard InChI is InChI=1S/C19H25N3O2S/c1-16(9-10-17-7-3-2-4-8-17)21-19-12-11-18(15-20-19)25(23,24)22-13-5-6-14-22/h2-4,7-8,11-12,15-16H,5-6,9-10,13-14H2,1H3,(H,20,21)/t16-/m1/s1. The van der Waals surface area contributed by atoms with Crippen molar-refractivity contribution in [1.29, 1.82) is 0 Å². The van der Waals surface area contributed by atoms with Crippen LogP contribution in [0.4, 0.5) is 5.82 Å². The van der Waals surface area contributed by atoms with Gasteiger partial charge in [-0.15, -0.1) is 0 Å². The molecule has 1 fully saturated rings. The molecule has 2 aromatic rings. The molecule has 1 atom stereocenters. The monoisotopic (exact) mass is 359 g/mol. The molecule has 5 nitrogen and oxygen atoms in total. The van der Waals surface area contributed by atoms with Crippen molar-refractivity contribution in [2.45, 2.75) is 43.5 Å². The fourth-order valence-electron chi connectivity index (χ4n) is 3.05. The summed E-state index contributed by atoms with van der Waals surface area (Å²) in [5.41, 5.74) is 1.32. The molecule has 0 aliphatic carbocycles. The first-order chi connectivity index (χ1) is 12.1. The molecule has 2 heterocycles. The molecule has 0 radical (unpaired) electrons. The third kappa shape index (κ3) is 4.58. The first-order valence-corrected chi connectivity index (χ1v) is 10.3. The molecule has 0 amide bonds. The Bertz CT molecular complexity index is 770. The van der Waals surface area contributed by atoms with E-state index in [9.17, 15) is 8.42 Å². The van der Waals surface area contributed by atoms with E-state index in [-0.39, 0.29) is 10.9 Å². The van der Waals surface area contributed by atoms with Crippen LogP contribution < -0.4 is 5.32 Å². The second kappa shape index (κ2) is 7.97. The number of hydrogen-bond donors (Lipinski definition) is 1. The average Bonchev–Trinajstić information content (AvgIpc) is 3.17. The smallest absolute Gasteiger partial charge is 0.244 e. The lowest BCUT2D eigenvalue weighted by molar-refractivity contribution is 0.477. The van der Waals surface area contributed by atoms with Crippen LogP contribution in [0.25, 0.3) is 0 Å². The van der Waals surface area contributed by atoms with Crippen molar-refractivity contribution in [3.8, 4) is 0 Å². The summed E-state index contributed by atoms with van der Waals surface area (Å²) < 4.78 is 26.5. The maximum Gasteiger partial charge on any atom is 0.244 e. The Hall–Kier alpha value is -1.92. The van der Waals surface area contributed by atoms with Crippen molar-refractivity contribution in [3.05, 3.63) is 54.2 Å². The van der Waals surface area contributed by atoms with Gasteiger partial charge in [-0.2, -0.15) is 4.31 Å². The lowest BCUT2D eigenvalue weighted by Gasteiger charge is -2.17. The van der Waals surface area contributed by atoms with E-state index in [1.54, 1.807) is 16.4 Å². The molecule has 0 unspecified atom stereocenters. The van der Waals surface area contributed by atoms with E-state index in [1.165, 1.54) is 11.8 Å². The molecular formula is C19H25N3O2S. The van der Waals surface area contributed by atoms with Gasteiger partial charge in [-0.3, -0.25) is 0 Å². The summed E-state index contributed by atoms with van der Waals surface area (Å²) in [6, 6.07) is 14.0. The number of aryl methyl sites for hydroxylation is 1. The number of hydrogen-bond acceptors (Lipinski definition) is 4. The summed E-state index contributed by atoms with van der Waals surface area (Å²) in [4.78, 5) is 4.57. The fourth-order valence-corrected chi connectivity index (χ4v) is 4.51. The van der Waals surface area contributed by atoms with Crippen LogP contribution in [0.1, 0.15) is 31.7 Å². The van der Waals surface area contributed by atoms with E-state index in [1.807, 2.05) is 6.07 Å². The number of nitrogens with one attached hydrogen (secondary N) is 1. The largest absolute Gasteiger partial charge is 0.368 e. The van der Waals surface area contributed by atoms with Gasteiger partial charge < -0.3 is 5.32 Å². The number of benzene rings is 1. The predicted octanol–water partition coefficient (Wildman–Crippen LogP) is 3.30. The lowest BCUT2D eigenvalue weighted by Crippen LogP contribution is -2.28. The summed E-state index contributed by atoms with van der Waals surface area (Å²) >= 11 is 0. The summed E-state index contributed by atoms with van der Waals surface area (Å²) in [6.45, 7) is 3.33. The Labute approximate surface area is 150 Å². The van der Waals surface area contributed by atoms with Gasteiger partial charge in [0.25, 0.3) is 0 Å². The van der Waals surface area contributed by atoms with Crippen molar-refractivity contribution in [2.24, 2.45) is 0 Å². The molecule has 0 spiro atoms. The van der Waals surface area contributed by atoms with Crippen LogP contribution in [0.3, 0.4) is 0 Å². The van der Waals surface area contributed by atoms with Gasteiger partial charge in [0.1, 0.15) is 10.7 Å². The van der Waals surface area contributed by atoms with Crippen molar-refractivity contribution in [3.63, 3.8) is 0 Å². The second-order valence-electron chi connectivity index (χ2n) is 6.56. The second-order valence-corrected chi connectivity index (χ2v) is 8.50. The third-order valence-electron chi connectivity index (χ3n) is 4.54. The molecule has 3 rings (SSSR count). The van der Waals surface area contributed by atoms with Gasteiger partial charge in [0.05, 0.1) is 0 Å². The van der Waals surface area contributed by atoms with Gasteiger partial charge in [0, 0.05) is 25.3 Å². The number of pyridine rings is 1. The Morgan fingerprint density at radius 2 is 1.84 bits per heavy atom. The van der Waals surface area contributed by atoms with Gasteiger partial charge >= 0.3 is 0 Å². The number of nitrogens with zero attached hydrogens (tertiary/aromatic N) is 2. The minimum absolute atomic E-state index is 0.258. The van der Waals surface area contributed by atoms with Crippen molar-refractivity contribution >= 4 is 15.8 Å². The molecule has 0 saturated carbocycles. The summed E-state index contributed by atoms with van der Waals surface area (Å²) in [5.74, 6) is 0.709. The maximum absolute atomic E-state index is 12.5. The highest BCUT2D eigenvalue weighted by molar-refractivity contribution is 7.89. The quantitative estimate of drug-likeness (QED) is 0.824. The Balaban J connectivity index is 1.57. The Morgan fingerprint density at radius 3 is 2.48 bits per heavy atom. The zero-order chi connectivity index (χ0) is 17.7. The van der Waals surface area contributed by atoms with Gasteiger partial charge in [0.2, 0.25) is 10.0 Å². The van der Waals surface area contributed by atoms with Gasteiger partial charge in [-0.1, -0.05) is 30.3 Å². The summed E-state index contributed by atoms with van der Waals surface area (Å²) in [5, 5.41) is 3.34. The Kier molecular flexibility index (Phi) is 5.71. The molecular weight excluding hydrogens is 334 g/mol. The zero-order valence-electron chi connectivity index (χ0n) is 14.6. The van der Waals surface area contributed by atoms with Crippen LogP contribution in [-0.2, 0) is 16.4 Å². The molecule has 134 valence electrons. The first-order valence-electron chi connectivity index (χ1n) is 8.82.